The number of rotatable bonds is 4. The number of nitrogens with zero attached hydrogens (tertiary/aromatic N) is 2. The Balaban J connectivity index is 2.29. The van der Waals surface area contributed by atoms with Crippen molar-refractivity contribution in [3.8, 4) is 0 Å². The van der Waals surface area contributed by atoms with E-state index in [-0.39, 0.29) is 41.8 Å². The van der Waals surface area contributed by atoms with Crippen molar-refractivity contribution in [2.45, 2.75) is 38.8 Å². The van der Waals surface area contributed by atoms with Gasteiger partial charge in [-0.1, -0.05) is 20.8 Å². The van der Waals surface area contributed by atoms with Gasteiger partial charge < -0.3 is 9.47 Å². The lowest BCUT2D eigenvalue weighted by molar-refractivity contribution is -0.0591. The molecule has 0 saturated carbocycles. The molecule has 2 heterocycles. The largest absolute Gasteiger partial charge is 0.462 e. The molecule has 9 heteroatoms. The summed E-state index contributed by atoms with van der Waals surface area (Å²) in [4.78, 5) is 11.9. The third kappa shape index (κ3) is 3.73. The van der Waals surface area contributed by atoms with Crippen LogP contribution >= 0.6 is 0 Å². The fourth-order valence-electron chi connectivity index (χ4n) is 2.32. The number of ether oxygens (including phenoxy) is 2. The van der Waals surface area contributed by atoms with Crippen LogP contribution in [0.25, 0.3) is 0 Å². The number of aromatic nitrogens is 2. The third-order valence-electron chi connectivity index (χ3n) is 3.69. The van der Waals surface area contributed by atoms with Gasteiger partial charge in [0, 0.05) is 13.1 Å². The van der Waals surface area contributed by atoms with E-state index in [1.165, 1.54) is 10.5 Å². The SMILES string of the molecule is CCOC(=O)c1cn[nH]c1S(=O)(=O)N1CCOC(C(C)(C)C)C1. The Morgan fingerprint density at radius 2 is 2.22 bits per heavy atom. The van der Waals surface area contributed by atoms with Crippen LogP contribution in [0.15, 0.2) is 11.2 Å². The number of hydrogen-bond acceptors (Lipinski definition) is 6. The van der Waals surface area contributed by atoms with Gasteiger partial charge in [-0.25, -0.2) is 13.2 Å². The molecule has 1 atom stereocenters. The summed E-state index contributed by atoms with van der Waals surface area (Å²) >= 11 is 0. The molecule has 2 rings (SSSR count). The smallest absolute Gasteiger partial charge is 0.342 e. The number of H-pyrrole nitrogens is 1. The third-order valence-corrected chi connectivity index (χ3v) is 5.53. The van der Waals surface area contributed by atoms with E-state index in [2.05, 4.69) is 10.2 Å². The zero-order valence-corrected chi connectivity index (χ0v) is 14.6. The Morgan fingerprint density at radius 3 is 2.83 bits per heavy atom. The van der Waals surface area contributed by atoms with Gasteiger partial charge in [-0.2, -0.15) is 9.40 Å². The lowest BCUT2D eigenvalue weighted by Crippen LogP contribution is -2.50. The molecule has 0 spiro atoms. The van der Waals surface area contributed by atoms with Crippen molar-refractivity contribution >= 4 is 16.0 Å². The van der Waals surface area contributed by atoms with Crippen LogP contribution in [0.3, 0.4) is 0 Å². The number of nitrogens with one attached hydrogen (secondary N) is 1. The van der Waals surface area contributed by atoms with Gasteiger partial charge in [-0.05, 0) is 12.3 Å². The van der Waals surface area contributed by atoms with Crippen molar-refractivity contribution in [1.29, 1.82) is 0 Å². The maximum atomic E-state index is 12.8. The van der Waals surface area contributed by atoms with Crippen LogP contribution in [0.2, 0.25) is 0 Å². The molecule has 0 radical (unpaired) electrons. The number of carbonyl (C=O) groups is 1. The minimum atomic E-state index is -3.87. The van der Waals surface area contributed by atoms with E-state index in [9.17, 15) is 13.2 Å². The van der Waals surface area contributed by atoms with Gasteiger partial charge >= 0.3 is 5.97 Å². The molecule has 0 aliphatic carbocycles. The summed E-state index contributed by atoms with van der Waals surface area (Å²) < 4.78 is 37.6. The van der Waals surface area contributed by atoms with Crippen LogP contribution < -0.4 is 0 Å². The summed E-state index contributed by atoms with van der Waals surface area (Å²) in [6, 6.07) is 0. The Kier molecular flexibility index (Phi) is 5.12. The molecule has 1 aromatic rings. The zero-order chi connectivity index (χ0) is 17.3. The van der Waals surface area contributed by atoms with E-state index in [0.29, 0.717) is 6.61 Å². The van der Waals surface area contributed by atoms with E-state index < -0.39 is 16.0 Å². The van der Waals surface area contributed by atoms with Gasteiger partial charge in [0.25, 0.3) is 10.0 Å². The summed E-state index contributed by atoms with van der Waals surface area (Å²) in [7, 11) is -3.87. The standard InChI is InChI=1S/C14H23N3O5S/c1-5-21-13(18)10-8-15-16-12(10)23(19,20)17-6-7-22-11(9-17)14(2,3)4/h8,11H,5-7,9H2,1-4H3,(H,15,16). The summed E-state index contributed by atoms with van der Waals surface area (Å²) in [5.41, 5.74) is -0.266. The van der Waals surface area contributed by atoms with Crippen molar-refractivity contribution in [1.82, 2.24) is 14.5 Å². The van der Waals surface area contributed by atoms with Crippen LogP contribution in [0, 0.1) is 5.41 Å². The van der Waals surface area contributed by atoms with Crippen molar-refractivity contribution in [3.63, 3.8) is 0 Å². The van der Waals surface area contributed by atoms with E-state index in [1.807, 2.05) is 20.8 Å². The molecule has 23 heavy (non-hydrogen) atoms. The summed E-state index contributed by atoms with van der Waals surface area (Å²) in [5, 5.41) is 5.88. The number of esters is 1. The summed E-state index contributed by atoms with van der Waals surface area (Å²) in [6.07, 6.45) is 0.951. The van der Waals surface area contributed by atoms with Crippen molar-refractivity contribution < 1.29 is 22.7 Å². The molecule has 8 nitrogen and oxygen atoms in total. The quantitative estimate of drug-likeness (QED) is 0.818. The van der Waals surface area contributed by atoms with Gasteiger partial charge in [0.1, 0.15) is 5.56 Å². The first-order chi connectivity index (χ1) is 10.7. The highest BCUT2D eigenvalue weighted by Gasteiger charge is 2.38. The predicted octanol–water partition coefficient (Wildman–Crippen LogP) is 1.02. The van der Waals surface area contributed by atoms with Gasteiger partial charge in [-0.15, -0.1) is 0 Å². The highest BCUT2D eigenvalue weighted by molar-refractivity contribution is 7.89. The van der Waals surface area contributed by atoms with Crippen LogP contribution in [0.4, 0.5) is 0 Å². The minimum Gasteiger partial charge on any atom is -0.462 e. The second kappa shape index (κ2) is 6.58. The second-order valence-corrected chi connectivity index (χ2v) is 8.30. The van der Waals surface area contributed by atoms with Gasteiger partial charge in [-0.3, -0.25) is 5.10 Å². The molecule has 1 aliphatic rings. The van der Waals surface area contributed by atoms with Gasteiger partial charge in [0.05, 0.1) is 25.5 Å². The average Bonchev–Trinajstić information content (AvgIpc) is 2.97. The first-order valence-corrected chi connectivity index (χ1v) is 8.94. The maximum absolute atomic E-state index is 12.8. The van der Waals surface area contributed by atoms with Crippen molar-refractivity contribution in [2.24, 2.45) is 5.41 Å². The van der Waals surface area contributed by atoms with Gasteiger partial charge in [0.15, 0.2) is 5.03 Å². The number of aromatic amines is 1. The molecular weight excluding hydrogens is 322 g/mol. The minimum absolute atomic E-state index is 0.0781. The van der Waals surface area contributed by atoms with Crippen LogP contribution in [-0.2, 0) is 19.5 Å². The number of carbonyl (C=O) groups excluding carboxylic acids is 1. The first-order valence-electron chi connectivity index (χ1n) is 7.50. The highest BCUT2D eigenvalue weighted by Crippen LogP contribution is 2.28. The molecule has 0 aromatic carbocycles. The Hall–Kier alpha value is -1.45. The molecule has 0 bridgehead atoms. The summed E-state index contributed by atoms with van der Waals surface area (Å²) in [5.74, 6) is -0.708. The van der Waals surface area contributed by atoms with E-state index >= 15 is 0 Å². The van der Waals surface area contributed by atoms with Crippen LogP contribution in [0.5, 0.6) is 0 Å². The molecule has 1 N–H and O–H groups in total. The van der Waals surface area contributed by atoms with Crippen molar-refractivity contribution in [2.75, 3.05) is 26.3 Å². The van der Waals surface area contributed by atoms with Gasteiger partial charge in [0.2, 0.25) is 0 Å². The van der Waals surface area contributed by atoms with E-state index in [0.717, 1.165) is 0 Å². The molecule has 1 saturated heterocycles. The lowest BCUT2D eigenvalue weighted by Gasteiger charge is -2.38. The Labute approximate surface area is 136 Å². The molecule has 1 aliphatic heterocycles. The monoisotopic (exact) mass is 345 g/mol. The topological polar surface area (TPSA) is 102 Å². The molecule has 1 fully saturated rings. The first kappa shape index (κ1) is 17.9. The van der Waals surface area contributed by atoms with E-state index in [4.69, 9.17) is 9.47 Å². The summed E-state index contributed by atoms with van der Waals surface area (Å²) in [6.45, 7) is 8.57. The normalized spacial score (nSPS) is 20.4. The number of hydrogen-bond donors (Lipinski definition) is 1. The van der Waals surface area contributed by atoms with Crippen LogP contribution in [0.1, 0.15) is 38.1 Å². The Bertz CT molecular complexity index is 662. The molecule has 1 aromatic heterocycles. The van der Waals surface area contributed by atoms with E-state index in [1.54, 1.807) is 6.92 Å². The molecule has 0 amide bonds. The number of morpholine rings is 1. The zero-order valence-electron chi connectivity index (χ0n) is 13.8. The highest BCUT2D eigenvalue weighted by atomic mass is 32.2. The Morgan fingerprint density at radius 1 is 1.52 bits per heavy atom. The molecule has 130 valence electrons. The second-order valence-electron chi connectivity index (χ2n) is 6.42. The molecular formula is C14H23N3O5S. The fourth-order valence-corrected chi connectivity index (χ4v) is 3.81. The predicted molar refractivity (Wildman–Crippen MR) is 82.5 cm³/mol. The lowest BCUT2D eigenvalue weighted by atomic mass is 9.88. The van der Waals surface area contributed by atoms with Crippen molar-refractivity contribution in [3.05, 3.63) is 11.8 Å². The average molecular weight is 345 g/mol. The maximum Gasteiger partial charge on any atom is 0.342 e. The fraction of sp³-hybridized carbons (Fsp3) is 0.714. The number of sulfonamides is 1. The van der Waals surface area contributed by atoms with Crippen LogP contribution in [-0.4, -0.2) is 61.3 Å². The molecule has 1 unspecified atom stereocenters.